The van der Waals surface area contributed by atoms with Gasteiger partial charge in [-0.3, -0.25) is 0 Å². The van der Waals surface area contributed by atoms with E-state index in [0.29, 0.717) is 0 Å². The van der Waals surface area contributed by atoms with Gasteiger partial charge in [-0.1, -0.05) is 123 Å². The van der Waals surface area contributed by atoms with Crippen molar-refractivity contribution in [3.63, 3.8) is 0 Å². The minimum Gasteiger partial charge on any atom is -0.0654 e. The van der Waals surface area contributed by atoms with Gasteiger partial charge in [0.05, 0.1) is 0 Å². The van der Waals surface area contributed by atoms with Crippen molar-refractivity contribution in [2.75, 3.05) is 0 Å². The molecule has 0 aliphatic heterocycles. The summed E-state index contributed by atoms with van der Waals surface area (Å²) in [5, 5.41) is 0. The van der Waals surface area contributed by atoms with Gasteiger partial charge < -0.3 is 0 Å². The Balaban J connectivity index is 0.000000201. The van der Waals surface area contributed by atoms with Crippen LogP contribution in [-0.2, 0) is 6.42 Å². The minimum atomic E-state index is 0.841. The second-order valence-corrected chi connectivity index (χ2v) is 13.1. The molecule has 0 heterocycles. The van der Waals surface area contributed by atoms with Gasteiger partial charge in [0.15, 0.2) is 0 Å². The van der Waals surface area contributed by atoms with E-state index in [1.54, 1.807) is 56.9 Å². The van der Waals surface area contributed by atoms with Crippen LogP contribution in [0.15, 0.2) is 24.3 Å². The average Bonchev–Trinajstić information content (AvgIpc) is 2.92. The first-order chi connectivity index (χ1) is 17.7. The molecule has 206 valence electrons. The summed E-state index contributed by atoms with van der Waals surface area (Å²) in [6.07, 6.45) is 29.3. The number of benzene rings is 1. The summed E-state index contributed by atoms with van der Waals surface area (Å²) in [4.78, 5) is 0. The standard InChI is InChI=1S/C18H34.C18H28/c2*1-3-5-15-7-11-17(12-8-15)18-13-9-16(6-4-2)10-14-18/h15-18H,3-14H2,1-2H3;7-8,11-12,16,18H,3-6,9-10,13-14H2,1-2H3. The Kier molecular flexibility index (Phi) is 14.0. The van der Waals surface area contributed by atoms with E-state index >= 15 is 0 Å². The lowest BCUT2D eigenvalue weighted by Gasteiger charge is -2.38. The van der Waals surface area contributed by atoms with E-state index in [0.717, 1.165) is 35.5 Å². The van der Waals surface area contributed by atoms with Crippen LogP contribution < -0.4 is 0 Å². The van der Waals surface area contributed by atoms with Crippen LogP contribution in [0, 0.1) is 29.6 Å². The zero-order valence-electron chi connectivity index (χ0n) is 24.9. The summed E-state index contributed by atoms with van der Waals surface area (Å²) in [6, 6.07) is 9.46. The van der Waals surface area contributed by atoms with Gasteiger partial charge in [0, 0.05) is 0 Å². The van der Waals surface area contributed by atoms with Crippen LogP contribution in [0.3, 0.4) is 0 Å². The fourth-order valence-corrected chi connectivity index (χ4v) is 8.15. The number of rotatable bonds is 10. The Hall–Kier alpha value is -0.780. The maximum absolute atomic E-state index is 2.38. The average molecular weight is 495 g/mol. The second-order valence-electron chi connectivity index (χ2n) is 13.1. The molecule has 3 saturated carbocycles. The van der Waals surface area contributed by atoms with Crippen molar-refractivity contribution in [2.24, 2.45) is 29.6 Å². The molecule has 0 atom stereocenters. The Bertz CT molecular complexity index is 624. The largest absolute Gasteiger partial charge is 0.0654 e. The number of aryl methyl sites for hydroxylation is 1. The zero-order valence-corrected chi connectivity index (χ0v) is 24.9. The second kappa shape index (κ2) is 16.9. The highest BCUT2D eigenvalue weighted by molar-refractivity contribution is 5.25. The number of hydrogen-bond donors (Lipinski definition) is 0. The Labute approximate surface area is 226 Å². The van der Waals surface area contributed by atoms with Crippen molar-refractivity contribution in [2.45, 2.75) is 162 Å². The molecule has 3 aliphatic carbocycles. The van der Waals surface area contributed by atoms with Crippen molar-refractivity contribution in [1.82, 2.24) is 0 Å². The molecule has 0 N–H and O–H groups in total. The molecule has 0 bridgehead atoms. The highest BCUT2D eigenvalue weighted by Crippen LogP contribution is 2.43. The molecule has 1 aromatic rings. The maximum Gasteiger partial charge on any atom is -0.0162 e. The van der Waals surface area contributed by atoms with Crippen LogP contribution in [-0.4, -0.2) is 0 Å². The van der Waals surface area contributed by atoms with Crippen molar-refractivity contribution in [3.05, 3.63) is 35.4 Å². The van der Waals surface area contributed by atoms with Gasteiger partial charge in [-0.05, 0) is 104 Å². The fourth-order valence-electron chi connectivity index (χ4n) is 8.15. The lowest BCUT2D eigenvalue weighted by Crippen LogP contribution is -2.25. The molecule has 0 heteroatoms. The van der Waals surface area contributed by atoms with Crippen molar-refractivity contribution < 1.29 is 0 Å². The molecule has 3 aliphatic rings. The Morgan fingerprint density at radius 3 is 1.22 bits per heavy atom. The fraction of sp³-hybridized carbons (Fsp3) is 0.833. The molecule has 1 aromatic carbocycles. The number of hydrogen-bond acceptors (Lipinski definition) is 0. The summed E-state index contributed by atoms with van der Waals surface area (Å²) < 4.78 is 0. The van der Waals surface area contributed by atoms with E-state index in [9.17, 15) is 0 Å². The van der Waals surface area contributed by atoms with Crippen LogP contribution in [0.5, 0.6) is 0 Å². The third-order valence-corrected chi connectivity index (χ3v) is 10.4. The first-order valence-corrected chi connectivity index (χ1v) is 16.7. The quantitative estimate of drug-likeness (QED) is 0.303. The third-order valence-electron chi connectivity index (χ3n) is 10.4. The molecule has 4 rings (SSSR count). The van der Waals surface area contributed by atoms with Gasteiger partial charge in [0.1, 0.15) is 0 Å². The molecule has 36 heavy (non-hydrogen) atoms. The lowest BCUT2D eigenvalue weighted by atomic mass is 9.68. The predicted molar refractivity (Wildman–Crippen MR) is 161 cm³/mol. The summed E-state index contributed by atoms with van der Waals surface area (Å²) in [5.41, 5.74) is 3.09. The Morgan fingerprint density at radius 1 is 0.472 bits per heavy atom. The molecule has 0 amide bonds. The smallest absolute Gasteiger partial charge is 0.0162 e. The molecule has 0 unspecified atom stereocenters. The predicted octanol–water partition coefficient (Wildman–Crippen LogP) is 11.9. The first-order valence-electron chi connectivity index (χ1n) is 16.7. The summed E-state index contributed by atoms with van der Waals surface area (Å²) in [5.74, 6) is 6.26. The van der Waals surface area contributed by atoms with Gasteiger partial charge in [-0.2, -0.15) is 0 Å². The first kappa shape index (κ1) is 29.8. The lowest BCUT2D eigenvalue weighted by molar-refractivity contribution is 0.141. The molecular weight excluding hydrogens is 432 g/mol. The van der Waals surface area contributed by atoms with Gasteiger partial charge in [0.2, 0.25) is 0 Å². The summed E-state index contributed by atoms with van der Waals surface area (Å²) in [7, 11) is 0. The molecule has 0 spiro atoms. The molecule has 0 nitrogen and oxygen atoms in total. The van der Waals surface area contributed by atoms with Gasteiger partial charge >= 0.3 is 0 Å². The normalized spacial score (nSPS) is 30.9. The van der Waals surface area contributed by atoms with Crippen molar-refractivity contribution in [3.8, 4) is 0 Å². The molecule has 0 saturated heterocycles. The highest BCUT2D eigenvalue weighted by Gasteiger charge is 2.30. The maximum atomic E-state index is 2.38. The molecule has 3 fully saturated rings. The van der Waals surface area contributed by atoms with E-state index in [2.05, 4.69) is 52.0 Å². The summed E-state index contributed by atoms with van der Waals surface area (Å²) >= 11 is 0. The zero-order chi connectivity index (χ0) is 25.6. The van der Waals surface area contributed by atoms with Gasteiger partial charge in [-0.25, -0.2) is 0 Å². The van der Waals surface area contributed by atoms with Crippen molar-refractivity contribution >= 4 is 0 Å². The minimum absolute atomic E-state index is 0.841. The van der Waals surface area contributed by atoms with E-state index < -0.39 is 0 Å². The monoisotopic (exact) mass is 494 g/mol. The third kappa shape index (κ3) is 9.83. The summed E-state index contributed by atoms with van der Waals surface area (Å²) in [6.45, 7) is 9.27. The molecule has 0 radical (unpaired) electrons. The van der Waals surface area contributed by atoms with Crippen molar-refractivity contribution in [1.29, 1.82) is 0 Å². The van der Waals surface area contributed by atoms with Gasteiger partial charge in [0.25, 0.3) is 0 Å². The topological polar surface area (TPSA) is 0 Å². The van der Waals surface area contributed by atoms with E-state index in [1.165, 1.54) is 82.6 Å². The van der Waals surface area contributed by atoms with Gasteiger partial charge in [-0.15, -0.1) is 0 Å². The van der Waals surface area contributed by atoms with E-state index in [1.807, 2.05) is 0 Å². The van der Waals surface area contributed by atoms with Crippen LogP contribution in [0.1, 0.15) is 167 Å². The van der Waals surface area contributed by atoms with E-state index in [-0.39, 0.29) is 0 Å². The SMILES string of the molecule is CCCC1CCC(C2CCC(CCC)CC2)CC1.CCCc1ccc(C2CCC(CCC)CC2)cc1. The van der Waals surface area contributed by atoms with Crippen LogP contribution in [0.4, 0.5) is 0 Å². The Morgan fingerprint density at radius 2 is 0.861 bits per heavy atom. The van der Waals surface area contributed by atoms with Crippen LogP contribution in [0.25, 0.3) is 0 Å². The van der Waals surface area contributed by atoms with Crippen LogP contribution in [0.2, 0.25) is 0 Å². The van der Waals surface area contributed by atoms with Crippen LogP contribution >= 0.6 is 0 Å². The van der Waals surface area contributed by atoms with E-state index in [4.69, 9.17) is 0 Å². The molecular formula is C36H62. The molecule has 0 aromatic heterocycles. The highest BCUT2D eigenvalue weighted by atomic mass is 14.4.